The number of hydrogen-bond donors (Lipinski definition) is 2. The van der Waals surface area contributed by atoms with Crippen molar-refractivity contribution in [2.75, 3.05) is 27.3 Å². The Labute approximate surface area is 154 Å². The lowest BCUT2D eigenvalue weighted by Crippen LogP contribution is -2.38. The smallest absolute Gasteiger partial charge is 0.191 e. The number of halogens is 1. The van der Waals surface area contributed by atoms with Crippen molar-refractivity contribution in [3.05, 3.63) is 59.4 Å². The molecule has 0 amide bonds. The third-order valence-electron chi connectivity index (χ3n) is 3.83. The zero-order valence-corrected chi connectivity index (χ0v) is 15.5. The number of nitrogens with zero attached hydrogens (tertiary/aromatic N) is 1. The molecule has 0 aliphatic heterocycles. The summed E-state index contributed by atoms with van der Waals surface area (Å²) in [7, 11) is 3.30. The van der Waals surface area contributed by atoms with Crippen LogP contribution in [0.4, 0.5) is 4.39 Å². The lowest BCUT2D eigenvalue weighted by atomic mass is 10.1. The molecule has 5 nitrogen and oxygen atoms in total. The molecule has 26 heavy (non-hydrogen) atoms. The third-order valence-corrected chi connectivity index (χ3v) is 3.83. The minimum absolute atomic E-state index is 0.249. The summed E-state index contributed by atoms with van der Waals surface area (Å²) < 4.78 is 23.9. The van der Waals surface area contributed by atoms with Crippen LogP contribution >= 0.6 is 0 Å². The summed E-state index contributed by atoms with van der Waals surface area (Å²) in [4.78, 5) is 4.50. The molecule has 0 unspecified atom stereocenters. The van der Waals surface area contributed by atoms with Gasteiger partial charge in [0.2, 0.25) is 0 Å². The summed E-state index contributed by atoms with van der Waals surface area (Å²) >= 11 is 0. The van der Waals surface area contributed by atoms with E-state index >= 15 is 0 Å². The van der Waals surface area contributed by atoms with Crippen molar-refractivity contribution in [1.29, 1.82) is 0 Å². The highest BCUT2D eigenvalue weighted by Gasteiger charge is 2.06. The van der Waals surface area contributed by atoms with Gasteiger partial charge in [-0.25, -0.2) is 9.38 Å². The van der Waals surface area contributed by atoms with Crippen LogP contribution in [0.25, 0.3) is 0 Å². The number of aliphatic imine (C=N–C) groups is 1. The van der Waals surface area contributed by atoms with E-state index in [1.54, 1.807) is 20.3 Å². The Morgan fingerprint density at radius 1 is 1.08 bits per heavy atom. The molecule has 0 atom stereocenters. The number of guanidine groups is 1. The molecule has 0 aromatic heterocycles. The quantitative estimate of drug-likeness (QED) is 0.562. The summed E-state index contributed by atoms with van der Waals surface area (Å²) in [6, 6.07) is 12.2. The van der Waals surface area contributed by atoms with Gasteiger partial charge in [-0.05, 0) is 54.8 Å². The molecule has 2 rings (SSSR count). The lowest BCUT2D eigenvalue weighted by molar-refractivity contribution is 0.398. The molecule has 2 aromatic carbocycles. The van der Waals surface area contributed by atoms with Gasteiger partial charge in [-0.2, -0.15) is 0 Å². The standard InChI is InChI=1S/C20H26FN3O2/c1-4-22-20(24-14-15-6-5-7-17(21)12-15)23-11-10-16-13-18(25-2)8-9-19(16)26-3/h5-9,12-13H,4,10-11,14H2,1-3H3,(H2,22,23,24). The van der Waals surface area contributed by atoms with Crippen LogP contribution in [0.5, 0.6) is 11.5 Å². The van der Waals surface area contributed by atoms with Crippen LogP contribution < -0.4 is 20.1 Å². The van der Waals surface area contributed by atoms with Gasteiger partial charge in [0.25, 0.3) is 0 Å². The maximum Gasteiger partial charge on any atom is 0.191 e. The van der Waals surface area contributed by atoms with E-state index in [0.29, 0.717) is 19.0 Å². The van der Waals surface area contributed by atoms with Crippen LogP contribution in [0, 0.1) is 5.82 Å². The van der Waals surface area contributed by atoms with Crippen LogP contribution in [-0.2, 0) is 13.0 Å². The summed E-state index contributed by atoms with van der Waals surface area (Å²) in [5.74, 6) is 2.07. The lowest BCUT2D eigenvalue weighted by Gasteiger charge is -2.13. The topological polar surface area (TPSA) is 54.9 Å². The molecular formula is C20H26FN3O2. The zero-order valence-electron chi connectivity index (χ0n) is 15.5. The van der Waals surface area contributed by atoms with E-state index < -0.39 is 0 Å². The first-order valence-electron chi connectivity index (χ1n) is 8.63. The predicted octanol–water partition coefficient (Wildman–Crippen LogP) is 3.14. The molecule has 2 aromatic rings. The van der Waals surface area contributed by atoms with Gasteiger partial charge >= 0.3 is 0 Å². The molecule has 0 spiro atoms. The van der Waals surface area contributed by atoms with Crippen LogP contribution in [0.2, 0.25) is 0 Å². The van der Waals surface area contributed by atoms with Gasteiger partial charge in [0.1, 0.15) is 17.3 Å². The number of methoxy groups -OCH3 is 2. The average molecular weight is 359 g/mol. The molecule has 0 bridgehead atoms. The van der Waals surface area contributed by atoms with E-state index in [2.05, 4.69) is 15.6 Å². The van der Waals surface area contributed by atoms with E-state index in [4.69, 9.17) is 9.47 Å². The minimum atomic E-state index is -0.249. The Morgan fingerprint density at radius 3 is 2.62 bits per heavy atom. The number of benzene rings is 2. The van der Waals surface area contributed by atoms with E-state index in [1.807, 2.05) is 31.2 Å². The highest BCUT2D eigenvalue weighted by molar-refractivity contribution is 5.79. The van der Waals surface area contributed by atoms with Gasteiger partial charge < -0.3 is 20.1 Å². The SMILES string of the molecule is CCNC(=NCc1cccc(F)c1)NCCc1cc(OC)ccc1OC. The van der Waals surface area contributed by atoms with Crippen molar-refractivity contribution in [3.63, 3.8) is 0 Å². The summed E-state index contributed by atoms with van der Waals surface area (Å²) in [5.41, 5.74) is 1.89. The van der Waals surface area contributed by atoms with Gasteiger partial charge in [-0.3, -0.25) is 0 Å². The molecule has 2 N–H and O–H groups in total. The third kappa shape index (κ3) is 5.95. The van der Waals surface area contributed by atoms with E-state index in [-0.39, 0.29) is 5.82 Å². The summed E-state index contributed by atoms with van der Waals surface area (Å²) in [6.07, 6.45) is 0.755. The van der Waals surface area contributed by atoms with Crippen molar-refractivity contribution in [3.8, 4) is 11.5 Å². The molecule has 0 aliphatic rings. The molecular weight excluding hydrogens is 333 g/mol. The molecule has 0 aliphatic carbocycles. The Kier molecular flexibility index (Phi) is 7.74. The van der Waals surface area contributed by atoms with E-state index in [9.17, 15) is 4.39 Å². The molecule has 0 saturated carbocycles. The number of rotatable bonds is 8. The maximum absolute atomic E-state index is 13.3. The molecule has 0 saturated heterocycles. The highest BCUT2D eigenvalue weighted by Crippen LogP contribution is 2.24. The fourth-order valence-electron chi connectivity index (χ4n) is 2.54. The Hall–Kier alpha value is -2.76. The predicted molar refractivity (Wildman–Crippen MR) is 102 cm³/mol. The van der Waals surface area contributed by atoms with Crippen LogP contribution in [0.1, 0.15) is 18.1 Å². The second-order valence-electron chi connectivity index (χ2n) is 5.68. The number of ether oxygens (including phenoxy) is 2. The van der Waals surface area contributed by atoms with Gasteiger partial charge in [-0.1, -0.05) is 12.1 Å². The first-order chi connectivity index (χ1) is 12.7. The monoisotopic (exact) mass is 359 g/mol. The van der Waals surface area contributed by atoms with Gasteiger partial charge in [0.05, 0.1) is 20.8 Å². The number of nitrogens with one attached hydrogen (secondary N) is 2. The van der Waals surface area contributed by atoms with Crippen LogP contribution in [-0.4, -0.2) is 33.3 Å². The summed E-state index contributed by atoms with van der Waals surface area (Å²) in [5, 5.41) is 6.49. The second kappa shape index (κ2) is 10.3. The van der Waals surface area contributed by atoms with E-state index in [0.717, 1.165) is 35.6 Å². The molecule has 0 fully saturated rings. The Morgan fingerprint density at radius 2 is 1.92 bits per heavy atom. The maximum atomic E-state index is 13.3. The average Bonchev–Trinajstić information content (AvgIpc) is 2.66. The van der Waals surface area contributed by atoms with E-state index in [1.165, 1.54) is 12.1 Å². The minimum Gasteiger partial charge on any atom is -0.497 e. The van der Waals surface area contributed by atoms with Crippen molar-refractivity contribution < 1.29 is 13.9 Å². The van der Waals surface area contributed by atoms with Gasteiger partial charge in [0.15, 0.2) is 5.96 Å². The van der Waals surface area contributed by atoms with Crippen molar-refractivity contribution in [1.82, 2.24) is 10.6 Å². The normalized spacial score (nSPS) is 11.2. The van der Waals surface area contributed by atoms with Crippen molar-refractivity contribution >= 4 is 5.96 Å². The number of hydrogen-bond acceptors (Lipinski definition) is 3. The first kappa shape index (κ1) is 19.6. The molecule has 0 heterocycles. The second-order valence-corrected chi connectivity index (χ2v) is 5.68. The summed E-state index contributed by atoms with van der Waals surface area (Å²) in [6.45, 7) is 3.84. The fraction of sp³-hybridized carbons (Fsp3) is 0.350. The van der Waals surface area contributed by atoms with Crippen molar-refractivity contribution in [2.45, 2.75) is 19.9 Å². The molecule has 140 valence electrons. The Balaban J connectivity index is 1.97. The highest BCUT2D eigenvalue weighted by atomic mass is 19.1. The largest absolute Gasteiger partial charge is 0.497 e. The molecule has 0 radical (unpaired) electrons. The molecule has 6 heteroatoms. The fourth-order valence-corrected chi connectivity index (χ4v) is 2.54. The zero-order chi connectivity index (χ0) is 18.8. The first-order valence-corrected chi connectivity index (χ1v) is 8.63. The van der Waals surface area contributed by atoms with Crippen LogP contribution in [0.15, 0.2) is 47.5 Å². The van der Waals surface area contributed by atoms with Gasteiger partial charge in [0, 0.05) is 13.1 Å². The van der Waals surface area contributed by atoms with Crippen LogP contribution in [0.3, 0.4) is 0 Å². The van der Waals surface area contributed by atoms with Gasteiger partial charge in [-0.15, -0.1) is 0 Å². The Bertz CT molecular complexity index is 735. The van der Waals surface area contributed by atoms with Crippen molar-refractivity contribution in [2.24, 2.45) is 4.99 Å².